The van der Waals surface area contributed by atoms with Gasteiger partial charge >= 0.3 is 0 Å². The van der Waals surface area contributed by atoms with Crippen LogP contribution in [-0.2, 0) is 0 Å². The van der Waals surface area contributed by atoms with E-state index in [2.05, 4.69) is 216 Å². The lowest BCUT2D eigenvalue weighted by Gasteiger charge is -2.27. The van der Waals surface area contributed by atoms with Crippen molar-refractivity contribution in [2.24, 2.45) is 0 Å². The fourth-order valence-corrected chi connectivity index (χ4v) is 7.95. The summed E-state index contributed by atoms with van der Waals surface area (Å²) in [7, 11) is 0. The third-order valence-corrected chi connectivity index (χ3v) is 10.4. The van der Waals surface area contributed by atoms with E-state index in [0.29, 0.717) is 0 Å². The maximum absolute atomic E-state index is 2.39. The van der Waals surface area contributed by atoms with Crippen LogP contribution in [0.1, 0.15) is 0 Å². The van der Waals surface area contributed by atoms with Crippen molar-refractivity contribution >= 4 is 60.4 Å². The monoisotopic (exact) mass is 662 g/mol. The highest BCUT2D eigenvalue weighted by molar-refractivity contribution is 6.09. The highest BCUT2D eigenvalue weighted by atomic mass is 15.1. The molecular formula is C50H34N2. The molecule has 0 radical (unpaired) electrons. The van der Waals surface area contributed by atoms with Gasteiger partial charge in [-0.05, 0) is 98.4 Å². The zero-order valence-corrected chi connectivity index (χ0v) is 28.5. The van der Waals surface area contributed by atoms with E-state index in [4.69, 9.17) is 0 Å². The lowest BCUT2D eigenvalue weighted by Crippen LogP contribution is -2.10. The topological polar surface area (TPSA) is 8.17 Å². The molecule has 0 atom stereocenters. The summed E-state index contributed by atoms with van der Waals surface area (Å²) in [5.74, 6) is 0. The van der Waals surface area contributed by atoms with Crippen molar-refractivity contribution in [3.63, 3.8) is 0 Å². The van der Waals surface area contributed by atoms with Crippen LogP contribution in [-0.4, -0.2) is 4.57 Å². The quantitative estimate of drug-likeness (QED) is 0.172. The Morgan fingerprint density at radius 3 is 1.25 bits per heavy atom. The predicted octanol–water partition coefficient (Wildman–Crippen LogP) is 13.9. The Balaban J connectivity index is 1.12. The fourth-order valence-electron chi connectivity index (χ4n) is 7.95. The normalized spacial score (nSPS) is 11.5. The van der Waals surface area contributed by atoms with Crippen LogP contribution in [0.25, 0.3) is 71.3 Å². The highest BCUT2D eigenvalue weighted by Crippen LogP contribution is 2.40. The van der Waals surface area contributed by atoms with Crippen LogP contribution in [0.5, 0.6) is 0 Å². The van der Waals surface area contributed by atoms with Crippen molar-refractivity contribution < 1.29 is 0 Å². The van der Waals surface area contributed by atoms with Gasteiger partial charge < -0.3 is 9.47 Å². The first-order valence-electron chi connectivity index (χ1n) is 17.9. The molecule has 10 rings (SSSR count). The van der Waals surface area contributed by atoms with E-state index in [-0.39, 0.29) is 0 Å². The highest BCUT2D eigenvalue weighted by Gasteiger charge is 2.17. The Hall–Kier alpha value is -6.90. The summed E-state index contributed by atoms with van der Waals surface area (Å²) >= 11 is 0. The summed E-state index contributed by atoms with van der Waals surface area (Å²) in [5, 5.41) is 7.54. The first-order chi connectivity index (χ1) is 25.8. The number of nitrogens with zero attached hydrogens (tertiary/aromatic N) is 2. The van der Waals surface area contributed by atoms with Gasteiger partial charge in [0.1, 0.15) is 0 Å². The standard InChI is InChI=1S/C50H34N2/c1-3-18-43-35(12-1)14-9-22-45(43)37-26-30-39(31-27-37)51(40-32-28-38(29-33-40)46-23-10-15-36-13-2-4-19-44(36)46)41-16-11-17-42(34-41)52-49-24-7-5-20-47(49)48-21-6-8-25-50(48)52/h1-34H. The molecule has 0 N–H and O–H groups in total. The SMILES string of the molecule is c1cc(N(c2ccc(-c3cccc4ccccc34)cc2)c2ccc(-c3cccc4ccccc34)cc2)cc(-n2c3ccccc3c3ccccc32)c1. The number of para-hydroxylation sites is 2. The Labute approximate surface area is 303 Å². The minimum atomic E-state index is 1.09. The predicted molar refractivity (Wildman–Crippen MR) is 221 cm³/mol. The Morgan fingerprint density at radius 2 is 0.731 bits per heavy atom. The largest absolute Gasteiger partial charge is 0.310 e. The molecule has 0 bridgehead atoms. The van der Waals surface area contributed by atoms with E-state index in [1.165, 1.54) is 65.6 Å². The van der Waals surface area contributed by atoms with Crippen LogP contribution in [0.3, 0.4) is 0 Å². The zero-order chi connectivity index (χ0) is 34.4. The first kappa shape index (κ1) is 30.0. The lowest BCUT2D eigenvalue weighted by atomic mass is 9.97. The third-order valence-electron chi connectivity index (χ3n) is 10.4. The molecule has 52 heavy (non-hydrogen) atoms. The molecular weight excluding hydrogens is 629 g/mol. The van der Waals surface area contributed by atoms with E-state index >= 15 is 0 Å². The maximum Gasteiger partial charge on any atom is 0.0541 e. The van der Waals surface area contributed by atoms with Gasteiger partial charge in [0.15, 0.2) is 0 Å². The van der Waals surface area contributed by atoms with Crippen LogP contribution >= 0.6 is 0 Å². The zero-order valence-electron chi connectivity index (χ0n) is 28.5. The molecule has 0 unspecified atom stereocenters. The van der Waals surface area contributed by atoms with Crippen molar-refractivity contribution in [1.29, 1.82) is 0 Å². The summed E-state index contributed by atoms with van der Waals surface area (Å²) < 4.78 is 2.39. The maximum atomic E-state index is 2.39. The molecule has 0 fully saturated rings. The van der Waals surface area contributed by atoms with Gasteiger partial charge in [0, 0.05) is 33.5 Å². The van der Waals surface area contributed by atoms with Gasteiger partial charge in [-0.15, -0.1) is 0 Å². The molecule has 10 aromatic rings. The molecule has 0 aliphatic heterocycles. The van der Waals surface area contributed by atoms with E-state index in [1.54, 1.807) is 0 Å². The van der Waals surface area contributed by atoms with Crippen LogP contribution < -0.4 is 4.90 Å². The fraction of sp³-hybridized carbons (Fsp3) is 0. The van der Waals surface area contributed by atoms with Gasteiger partial charge in [0.25, 0.3) is 0 Å². The van der Waals surface area contributed by atoms with Crippen molar-refractivity contribution in [2.45, 2.75) is 0 Å². The number of aromatic nitrogens is 1. The van der Waals surface area contributed by atoms with Gasteiger partial charge in [0.05, 0.1) is 11.0 Å². The number of hydrogen-bond acceptors (Lipinski definition) is 1. The van der Waals surface area contributed by atoms with E-state index in [1.807, 2.05) is 0 Å². The Kier molecular flexibility index (Phi) is 7.18. The number of benzene rings is 9. The molecule has 0 aliphatic carbocycles. The smallest absolute Gasteiger partial charge is 0.0541 e. The van der Waals surface area contributed by atoms with Crippen LogP contribution in [0.2, 0.25) is 0 Å². The minimum absolute atomic E-state index is 1.09. The van der Waals surface area contributed by atoms with E-state index in [0.717, 1.165) is 22.7 Å². The summed E-state index contributed by atoms with van der Waals surface area (Å²) in [6, 6.07) is 74.7. The number of fused-ring (bicyclic) bond motifs is 5. The average molecular weight is 663 g/mol. The minimum Gasteiger partial charge on any atom is -0.310 e. The summed E-state index contributed by atoms with van der Waals surface area (Å²) in [6.07, 6.45) is 0. The van der Waals surface area contributed by atoms with Crippen LogP contribution in [0, 0.1) is 0 Å². The molecule has 0 amide bonds. The lowest BCUT2D eigenvalue weighted by molar-refractivity contribution is 1.17. The van der Waals surface area contributed by atoms with Gasteiger partial charge in [-0.25, -0.2) is 0 Å². The number of anilines is 3. The first-order valence-corrected chi connectivity index (χ1v) is 17.9. The van der Waals surface area contributed by atoms with Gasteiger partial charge in [-0.3, -0.25) is 0 Å². The Morgan fingerprint density at radius 1 is 0.308 bits per heavy atom. The Bertz CT molecular complexity index is 2710. The molecule has 0 saturated carbocycles. The molecule has 0 aliphatic rings. The van der Waals surface area contributed by atoms with E-state index < -0.39 is 0 Å². The molecule has 9 aromatic carbocycles. The second kappa shape index (κ2) is 12.5. The van der Waals surface area contributed by atoms with Gasteiger partial charge in [-0.1, -0.05) is 152 Å². The van der Waals surface area contributed by atoms with Gasteiger partial charge in [0.2, 0.25) is 0 Å². The van der Waals surface area contributed by atoms with Crippen LogP contribution in [0.4, 0.5) is 17.1 Å². The van der Waals surface area contributed by atoms with Gasteiger partial charge in [-0.2, -0.15) is 0 Å². The molecule has 0 spiro atoms. The number of hydrogen-bond donors (Lipinski definition) is 0. The molecule has 2 heteroatoms. The van der Waals surface area contributed by atoms with Crippen molar-refractivity contribution in [1.82, 2.24) is 4.57 Å². The van der Waals surface area contributed by atoms with Crippen molar-refractivity contribution in [3.8, 4) is 27.9 Å². The van der Waals surface area contributed by atoms with Crippen molar-refractivity contribution in [3.05, 3.63) is 206 Å². The third kappa shape index (κ3) is 5.04. The summed E-state index contributed by atoms with van der Waals surface area (Å²) in [4.78, 5) is 2.37. The number of rotatable bonds is 6. The molecule has 2 nitrogen and oxygen atoms in total. The molecule has 0 saturated heterocycles. The molecule has 1 aromatic heterocycles. The summed E-state index contributed by atoms with van der Waals surface area (Å²) in [6.45, 7) is 0. The van der Waals surface area contributed by atoms with Crippen molar-refractivity contribution in [2.75, 3.05) is 4.90 Å². The average Bonchev–Trinajstić information content (AvgIpc) is 3.56. The summed E-state index contributed by atoms with van der Waals surface area (Å²) in [5.41, 5.74) is 11.7. The second-order valence-electron chi connectivity index (χ2n) is 13.4. The van der Waals surface area contributed by atoms with E-state index in [9.17, 15) is 0 Å². The molecule has 1 heterocycles. The molecule has 244 valence electrons. The second-order valence-corrected chi connectivity index (χ2v) is 13.4. The van der Waals surface area contributed by atoms with Crippen LogP contribution in [0.15, 0.2) is 206 Å².